The highest BCUT2D eigenvalue weighted by atomic mass is 16.2. The van der Waals surface area contributed by atoms with E-state index in [0.717, 1.165) is 12.5 Å². The first-order valence-corrected chi connectivity index (χ1v) is 5.06. The predicted octanol–water partition coefficient (Wildman–Crippen LogP) is 1.80. The number of rotatable bonds is 0. The molecule has 0 bridgehead atoms. The van der Waals surface area contributed by atoms with Crippen molar-refractivity contribution in [3.8, 4) is 0 Å². The average Bonchev–Trinajstić information content (AvgIpc) is 2.47. The Morgan fingerprint density at radius 2 is 2.00 bits per heavy atom. The first-order chi connectivity index (χ1) is 5.79. The summed E-state index contributed by atoms with van der Waals surface area (Å²) in [4.78, 5) is 13.3. The average molecular weight is 167 g/mol. The Balaban J connectivity index is 2.05. The number of carbonyl (C=O) groups excluding carboxylic acids is 1. The Kier molecular flexibility index (Phi) is 2.07. The van der Waals surface area contributed by atoms with Crippen LogP contribution < -0.4 is 0 Å². The van der Waals surface area contributed by atoms with Gasteiger partial charge in [-0.1, -0.05) is 12.8 Å². The molecule has 0 N–H and O–H groups in total. The van der Waals surface area contributed by atoms with Crippen LogP contribution in [-0.2, 0) is 4.79 Å². The molecule has 1 amide bonds. The molecular formula is C10H17NO. The molecule has 0 aromatic rings. The molecular weight excluding hydrogens is 150 g/mol. The van der Waals surface area contributed by atoms with Gasteiger partial charge in [0.2, 0.25) is 5.91 Å². The van der Waals surface area contributed by atoms with Gasteiger partial charge in [-0.25, -0.2) is 0 Å². The van der Waals surface area contributed by atoms with Crippen molar-refractivity contribution < 1.29 is 4.79 Å². The third-order valence-electron chi connectivity index (χ3n) is 3.41. The molecule has 2 heteroatoms. The summed E-state index contributed by atoms with van der Waals surface area (Å²) in [6.07, 6.45) is 6.57. The van der Waals surface area contributed by atoms with E-state index in [1.807, 2.05) is 0 Å². The lowest BCUT2D eigenvalue weighted by Crippen LogP contribution is -2.37. The summed E-state index contributed by atoms with van der Waals surface area (Å²) in [5, 5.41) is 0. The number of carbonyl (C=O) groups is 1. The van der Waals surface area contributed by atoms with E-state index < -0.39 is 0 Å². The van der Waals surface area contributed by atoms with Gasteiger partial charge in [-0.15, -0.1) is 0 Å². The lowest BCUT2D eigenvalue weighted by atomic mass is 9.85. The zero-order valence-corrected chi connectivity index (χ0v) is 7.75. The highest BCUT2D eigenvalue weighted by molar-refractivity contribution is 5.74. The van der Waals surface area contributed by atoms with Crippen LogP contribution in [-0.4, -0.2) is 23.4 Å². The first-order valence-electron chi connectivity index (χ1n) is 5.06. The molecule has 0 spiro atoms. The van der Waals surface area contributed by atoms with Crippen molar-refractivity contribution in [3.63, 3.8) is 0 Å². The molecule has 1 aliphatic heterocycles. The Morgan fingerprint density at radius 1 is 1.25 bits per heavy atom. The Morgan fingerprint density at radius 3 is 2.75 bits per heavy atom. The molecule has 1 saturated carbocycles. The molecule has 0 aromatic carbocycles. The highest BCUT2D eigenvalue weighted by Crippen LogP contribution is 2.35. The largest absolute Gasteiger partial charge is 0.340 e. The van der Waals surface area contributed by atoms with Gasteiger partial charge in [-0.05, 0) is 25.2 Å². The molecule has 2 unspecified atom stereocenters. The van der Waals surface area contributed by atoms with Crippen molar-refractivity contribution in [1.29, 1.82) is 0 Å². The Hall–Kier alpha value is -0.530. The van der Waals surface area contributed by atoms with Crippen molar-refractivity contribution in [2.45, 2.75) is 45.1 Å². The van der Waals surface area contributed by atoms with Gasteiger partial charge in [0.05, 0.1) is 0 Å². The summed E-state index contributed by atoms with van der Waals surface area (Å²) in [6, 6.07) is 0.608. The maximum Gasteiger partial charge on any atom is 0.219 e. The highest BCUT2D eigenvalue weighted by Gasteiger charge is 2.36. The Bertz CT molecular complexity index is 190. The molecule has 68 valence electrons. The van der Waals surface area contributed by atoms with E-state index in [2.05, 4.69) is 4.90 Å². The summed E-state index contributed by atoms with van der Waals surface area (Å²) in [5.74, 6) is 1.12. The minimum absolute atomic E-state index is 0.282. The normalized spacial score (nSPS) is 34.9. The summed E-state index contributed by atoms with van der Waals surface area (Å²) in [6.45, 7) is 2.72. The SMILES string of the molecule is CC(=O)N1CCC2CCCCC21. The van der Waals surface area contributed by atoms with Crippen LogP contribution >= 0.6 is 0 Å². The van der Waals surface area contributed by atoms with Gasteiger partial charge in [0, 0.05) is 19.5 Å². The standard InChI is InChI=1S/C10H17NO/c1-8(12)11-7-6-9-4-2-3-5-10(9)11/h9-10H,2-7H2,1H3. The molecule has 2 aliphatic rings. The van der Waals surface area contributed by atoms with E-state index in [4.69, 9.17) is 0 Å². The lowest BCUT2D eigenvalue weighted by Gasteiger charge is -2.30. The Labute approximate surface area is 73.9 Å². The van der Waals surface area contributed by atoms with Crippen molar-refractivity contribution in [3.05, 3.63) is 0 Å². The van der Waals surface area contributed by atoms with E-state index in [0.29, 0.717) is 6.04 Å². The van der Waals surface area contributed by atoms with Crippen LogP contribution in [0.4, 0.5) is 0 Å². The van der Waals surface area contributed by atoms with Crippen LogP contribution in [0.3, 0.4) is 0 Å². The van der Waals surface area contributed by atoms with Gasteiger partial charge in [-0.3, -0.25) is 4.79 Å². The molecule has 2 nitrogen and oxygen atoms in total. The maximum atomic E-state index is 11.2. The van der Waals surface area contributed by atoms with Crippen molar-refractivity contribution in [2.24, 2.45) is 5.92 Å². The van der Waals surface area contributed by atoms with Crippen molar-refractivity contribution in [1.82, 2.24) is 4.90 Å². The van der Waals surface area contributed by atoms with E-state index in [9.17, 15) is 4.79 Å². The molecule has 12 heavy (non-hydrogen) atoms. The molecule has 1 heterocycles. The fourth-order valence-electron chi connectivity index (χ4n) is 2.80. The van der Waals surface area contributed by atoms with Crippen LogP contribution in [0.25, 0.3) is 0 Å². The van der Waals surface area contributed by atoms with Crippen LogP contribution in [0, 0.1) is 5.92 Å². The number of nitrogens with zero attached hydrogens (tertiary/aromatic N) is 1. The van der Waals surface area contributed by atoms with E-state index in [-0.39, 0.29) is 5.91 Å². The second-order valence-corrected chi connectivity index (χ2v) is 4.11. The van der Waals surface area contributed by atoms with Crippen LogP contribution in [0.15, 0.2) is 0 Å². The van der Waals surface area contributed by atoms with Gasteiger partial charge in [0.15, 0.2) is 0 Å². The van der Waals surface area contributed by atoms with Crippen LogP contribution in [0.5, 0.6) is 0 Å². The topological polar surface area (TPSA) is 20.3 Å². The number of likely N-dealkylation sites (tertiary alicyclic amines) is 1. The zero-order valence-electron chi connectivity index (χ0n) is 7.75. The smallest absolute Gasteiger partial charge is 0.219 e. The lowest BCUT2D eigenvalue weighted by molar-refractivity contribution is -0.130. The molecule has 2 rings (SSSR count). The van der Waals surface area contributed by atoms with Gasteiger partial charge >= 0.3 is 0 Å². The van der Waals surface area contributed by atoms with Gasteiger partial charge in [0.1, 0.15) is 0 Å². The third kappa shape index (κ3) is 1.23. The van der Waals surface area contributed by atoms with E-state index in [1.54, 1.807) is 6.92 Å². The zero-order chi connectivity index (χ0) is 8.55. The number of hydrogen-bond acceptors (Lipinski definition) is 1. The maximum absolute atomic E-state index is 11.2. The quantitative estimate of drug-likeness (QED) is 0.538. The summed E-state index contributed by atoms with van der Waals surface area (Å²) in [5.41, 5.74) is 0. The van der Waals surface area contributed by atoms with Crippen molar-refractivity contribution in [2.75, 3.05) is 6.54 Å². The second-order valence-electron chi connectivity index (χ2n) is 4.11. The molecule has 1 saturated heterocycles. The fraction of sp³-hybridized carbons (Fsp3) is 0.900. The van der Waals surface area contributed by atoms with Gasteiger partial charge in [0.25, 0.3) is 0 Å². The van der Waals surface area contributed by atoms with E-state index in [1.165, 1.54) is 32.1 Å². The fourth-order valence-corrected chi connectivity index (χ4v) is 2.80. The second kappa shape index (κ2) is 3.08. The molecule has 2 fully saturated rings. The molecule has 1 aliphatic carbocycles. The molecule has 0 aromatic heterocycles. The van der Waals surface area contributed by atoms with Crippen LogP contribution in [0.1, 0.15) is 39.0 Å². The first kappa shape index (κ1) is 8.09. The van der Waals surface area contributed by atoms with E-state index >= 15 is 0 Å². The number of hydrogen-bond donors (Lipinski definition) is 0. The number of amides is 1. The van der Waals surface area contributed by atoms with Gasteiger partial charge < -0.3 is 4.90 Å². The summed E-state index contributed by atoms with van der Waals surface area (Å²) in [7, 11) is 0. The van der Waals surface area contributed by atoms with Crippen molar-refractivity contribution >= 4 is 5.91 Å². The molecule has 2 atom stereocenters. The summed E-state index contributed by atoms with van der Waals surface area (Å²) < 4.78 is 0. The number of fused-ring (bicyclic) bond motifs is 1. The van der Waals surface area contributed by atoms with Gasteiger partial charge in [-0.2, -0.15) is 0 Å². The van der Waals surface area contributed by atoms with Crippen LogP contribution in [0.2, 0.25) is 0 Å². The predicted molar refractivity (Wildman–Crippen MR) is 47.8 cm³/mol. The third-order valence-corrected chi connectivity index (χ3v) is 3.41. The minimum Gasteiger partial charge on any atom is -0.340 e. The summed E-state index contributed by atoms with van der Waals surface area (Å²) >= 11 is 0. The minimum atomic E-state index is 0.282. The molecule has 0 radical (unpaired) electrons. The monoisotopic (exact) mass is 167 g/mol.